The molecule has 10 heteroatoms. The van der Waals surface area contributed by atoms with Crippen molar-refractivity contribution in [1.29, 1.82) is 0 Å². The molecular weight excluding hydrogens is 608 g/mol. The molecule has 1 atom stereocenters. The van der Waals surface area contributed by atoms with E-state index in [-0.39, 0.29) is 12.1 Å². The van der Waals surface area contributed by atoms with E-state index in [1.165, 1.54) is 12.0 Å². The molecule has 1 unspecified atom stereocenters. The van der Waals surface area contributed by atoms with Gasteiger partial charge in [0.25, 0.3) is 0 Å². The Morgan fingerprint density at radius 3 is 2.56 bits per heavy atom. The van der Waals surface area contributed by atoms with E-state index in [1.807, 2.05) is 74.5 Å². The highest BCUT2D eigenvalue weighted by Crippen LogP contribution is 2.41. The number of benzene rings is 3. The first kappa shape index (κ1) is 31.0. The zero-order valence-electron chi connectivity index (χ0n) is 25.5. The predicted octanol–water partition coefficient (Wildman–Crippen LogP) is 8.37. The molecule has 0 spiro atoms. The van der Waals surface area contributed by atoms with Crippen molar-refractivity contribution in [3.8, 4) is 11.5 Å². The molecule has 1 aromatic heterocycles. The Balaban J connectivity index is 1.33. The Bertz CT molecular complexity index is 1670. The van der Waals surface area contributed by atoms with E-state index < -0.39 is 6.04 Å². The van der Waals surface area contributed by atoms with Gasteiger partial charge in [-0.1, -0.05) is 84.4 Å². The monoisotopic (exact) mass is 644 g/mol. The second kappa shape index (κ2) is 14.4. The third kappa shape index (κ3) is 7.31. The molecule has 3 aromatic carbocycles. The Morgan fingerprint density at radius 2 is 1.78 bits per heavy atom. The summed E-state index contributed by atoms with van der Waals surface area (Å²) in [5.41, 5.74) is 4.07. The van der Waals surface area contributed by atoms with Gasteiger partial charge in [-0.05, 0) is 68.9 Å². The fourth-order valence-corrected chi connectivity index (χ4v) is 6.71. The largest absolute Gasteiger partial charge is 0.490 e. The van der Waals surface area contributed by atoms with E-state index in [9.17, 15) is 4.79 Å². The van der Waals surface area contributed by atoms with Crippen molar-refractivity contribution in [2.24, 2.45) is 0 Å². The molecule has 2 aliphatic rings. The minimum absolute atomic E-state index is 0.0825. The lowest BCUT2D eigenvalue weighted by atomic mass is 9.94. The summed E-state index contributed by atoms with van der Waals surface area (Å²) in [5, 5.41) is 9.48. The van der Waals surface area contributed by atoms with Crippen LogP contribution in [0.15, 0.2) is 89.2 Å². The minimum atomic E-state index is -0.576. The highest BCUT2D eigenvalue weighted by molar-refractivity contribution is 7.98. The van der Waals surface area contributed by atoms with Crippen LogP contribution in [-0.2, 0) is 21.9 Å². The number of anilines is 1. The number of nitrogens with one attached hydrogen (secondary N) is 1. The number of fused-ring (bicyclic) bond motifs is 1. The molecule has 6 rings (SSSR count). The van der Waals surface area contributed by atoms with Crippen LogP contribution in [0, 0.1) is 0 Å². The SMILES string of the molecule is CCOc1cc(C2C(C(=O)OC3CCCCC3)=C(C)Nc3nc(SCc4ccccc4)nn32)ccc1OCc1ccccc1Cl. The summed E-state index contributed by atoms with van der Waals surface area (Å²) < 4.78 is 20.1. The zero-order chi connectivity index (χ0) is 31.2. The van der Waals surface area contributed by atoms with Gasteiger partial charge in [-0.2, -0.15) is 4.98 Å². The molecule has 1 fully saturated rings. The van der Waals surface area contributed by atoms with Crippen molar-refractivity contribution >= 4 is 35.3 Å². The molecule has 4 aromatic rings. The predicted molar refractivity (Wildman–Crippen MR) is 177 cm³/mol. The van der Waals surface area contributed by atoms with Gasteiger partial charge in [-0.15, -0.1) is 5.10 Å². The molecule has 8 nitrogen and oxygen atoms in total. The van der Waals surface area contributed by atoms with E-state index in [2.05, 4.69) is 17.4 Å². The molecule has 0 bridgehead atoms. The lowest BCUT2D eigenvalue weighted by Gasteiger charge is -2.30. The van der Waals surface area contributed by atoms with Crippen LogP contribution in [0.4, 0.5) is 5.95 Å². The average molecular weight is 645 g/mol. The normalized spacial score (nSPS) is 16.6. The maximum atomic E-state index is 13.9. The maximum Gasteiger partial charge on any atom is 0.338 e. The van der Waals surface area contributed by atoms with Crippen molar-refractivity contribution in [2.45, 2.75) is 75.6 Å². The third-order valence-electron chi connectivity index (χ3n) is 8.01. The van der Waals surface area contributed by atoms with Gasteiger partial charge in [0.1, 0.15) is 18.8 Å². The van der Waals surface area contributed by atoms with Crippen molar-refractivity contribution in [2.75, 3.05) is 11.9 Å². The first-order valence-corrected chi connectivity index (χ1v) is 16.8. The number of allylic oxidation sites excluding steroid dienone is 1. The van der Waals surface area contributed by atoms with Crippen molar-refractivity contribution < 1.29 is 19.0 Å². The molecule has 2 heterocycles. The second-order valence-electron chi connectivity index (χ2n) is 11.2. The molecule has 234 valence electrons. The van der Waals surface area contributed by atoms with Crippen LogP contribution in [0.3, 0.4) is 0 Å². The Morgan fingerprint density at radius 1 is 1.00 bits per heavy atom. The molecule has 1 saturated carbocycles. The maximum absolute atomic E-state index is 13.9. The Labute approximate surface area is 273 Å². The molecule has 1 N–H and O–H groups in total. The van der Waals surface area contributed by atoms with Gasteiger partial charge in [0, 0.05) is 22.0 Å². The summed E-state index contributed by atoms with van der Waals surface area (Å²) in [5.74, 6) is 2.11. The molecule has 0 radical (unpaired) electrons. The van der Waals surface area contributed by atoms with E-state index in [1.54, 1.807) is 16.4 Å². The summed E-state index contributed by atoms with van der Waals surface area (Å²) in [6.45, 7) is 4.56. The summed E-state index contributed by atoms with van der Waals surface area (Å²) in [6, 6.07) is 23.0. The smallest absolute Gasteiger partial charge is 0.338 e. The van der Waals surface area contributed by atoms with Crippen LogP contribution in [0.1, 0.15) is 68.7 Å². The quantitative estimate of drug-likeness (QED) is 0.129. The second-order valence-corrected chi connectivity index (χ2v) is 12.5. The zero-order valence-corrected chi connectivity index (χ0v) is 27.1. The third-order valence-corrected chi connectivity index (χ3v) is 9.29. The number of carbonyl (C=O) groups excluding carboxylic acids is 1. The summed E-state index contributed by atoms with van der Waals surface area (Å²) in [6.07, 6.45) is 5.01. The van der Waals surface area contributed by atoms with Crippen LogP contribution in [0.5, 0.6) is 11.5 Å². The van der Waals surface area contributed by atoms with Gasteiger partial charge in [-0.3, -0.25) is 0 Å². The van der Waals surface area contributed by atoms with Crippen molar-refractivity contribution in [1.82, 2.24) is 14.8 Å². The van der Waals surface area contributed by atoms with Crippen molar-refractivity contribution in [3.05, 3.63) is 106 Å². The summed E-state index contributed by atoms with van der Waals surface area (Å²) >= 11 is 7.92. The lowest BCUT2D eigenvalue weighted by molar-refractivity contribution is -0.146. The number of carbonyl (C=O) groups is 1. The summed E-state index contributed by atoms with van der Waals surface area (Å²) in [7, 11) is 0. The van der Waals surface area contributed by atoms with Gasteiger partial charge in [0.05, 0.1) is 12.2 Å². The van der Waals surface area contributed by atoms with Gasteiger partial charge in [0.2, 0.25) is 11.1 Å². The molecular formula is C35H37ClN4O4S. The number of halogens is 1. The van der Waals surface area contributed by atoms with E-state index in [4.69, 9.17) is 35.9 Å². The van der Waals surface area contributed by atoms with Gasteiger partial charge < -0.3 is 19.5 Å². The van der Waals surface area contributed by atoms with Gasteiger partial charge in [-0.25, -0.2) is 9.48 Å². The highest BCUT2D eigenvalue weighted by Gasteiger charge is 2.37. The lowest BCUT2D eigenvalue weighted by Crippen LogP contribution is -2.32. The molecule has 45 heavy (non-hydrogen) atoms. The van der Waals surface area contributed by atoms with Crippen LogP contribution < -0.4 is 14.8 Å². The fraction of sp³-hybridized carbons (Fsp3) is 0.343. The molecule has 0 saturated heterocycles. The number of hydrogen-bond acceptors (Lipinski definition) is 8. The van der Waals surface area contributed by atoms with E-state index in [0.717, 1.165) is 42.6 Å². The number of rotatable bonds is 11. The first-order valence-electron chi connectivity index (χ1n) is 15.4. The summed E-state index contributed by atoms with van der Waals surface area (Å²) in [4.78, 5) is 18.7. The van der Waals surface area contributed by atoms with Gasteiger partial charge >= 0.3 is 5.97 Å². The highest BCUT2D eigenvalue weighted by atomic mass is 35.5. The van der Waals surface area contributed by atoms with Crippen LogP contribution >= 0.6 is 23.4 Å². The molecule has 1 aliphatic heterocycles. The fourth-order valence-electron chi connectivity index (χ4n) is 5.74. The number of thioether (sulfide) groups is 1. The Hall–Kier alpha value is -3.95. The number of aromatic nitrogens is 3. The first-order chi connectivity index (χ1) is 22.0. The average Bonchev–Trinajstić information content (AvgIpc) is 3.46. The number of esters is 1. The van der Waals surface area contributed by atoms with E-state index >= 15 is 0 Å². The van der Waals surface area contributed by atoms with Crippen LogP contribution in [0.25, 0.3) is 0 Å². The molecule has 1 aliphatic carbocycles. The van der Waals surface area contributed by atoms with Crippen LogP contribution in [0.2, 0.25) is 5.02 Å². The van der Waals surface area contributed by atoms with Crippen molar-refractivity contribution in [3.63, 3.8) is 0 Å². The number of nitrogens with zero attached hydrogens (tertiary/aromatic N) is 3. The molecule has 0 amide bonds. The standard InChI is InChI=1S/C35H37ClN4O4S/c1-3-42-30-20-25(18-19-29(30)43-21-26-14-10-11-17-28(26)36)32-31(33(41)44-27-15-8-5-9-16-27)23(2)37-34-38-35(39-40(32)34)45-22-24-12-6-4-7-13-24/h4,6-7,10-14,17-20,27,32H,3,5,8-9,15-16,21-22H2,1-2H3,(H,37,38,39). The minimum Gasteiger partial charge on any atom is -0.490 e. The van der Waals surface area contributed by atoms with Crippen LogP contribution in [-0.4, -0.2) is 33.4 Å². The van der Waals surface area contributed by atoms with Gasteiger partial charge in [0.15, 0.2) is 11.5 Å². The topological polar surface area (TPSA) is 87.5 Å². The number of ether oxygens (including phenoxy) is 3. The Kier molecular flexibility index (Phi) is 9.96. The van der Waals surface area contributed by atoms with E-state index in [0.29, 0.717) is 52.1 Å². The number of hydrogen-bond donors (Lipinski definition) is 1.